The molecule has 10 heteroatoms. The molecule has 3 N–H and O–H groups in total. The minimum Gasteiger partial charge on any atom is -0.480 e. The normalized spacial score (nSPS) is 13.7. The van der Waals surface area contributed by atoms with Gasteiger partial charge in [0.05, 0.1) is 15.6 Å². The topological polar surface area (TPSA) is 113 Å². The van der Waals surface area contributed by atoms with Crippen LogP contribution < -0.4 is 10.6 Å². The van der Waals surface area contributed by atoms with Crippen molar-refractivity contribution < 1.29 is 19.4 Å². The van der Waals surface area contributed by atoms with E-state index in [1.807, 2.05) is 0 Å². The highest BCUT2D eigenvalue weighted by atomic mass is 35.5. The van der Waals surface area contributed by atoms with E-state index >= 15 is 0 Å². The minimum absolute atomic E-state index is 0.00138. The molecular weight excluding hydrogens is 455 g/mol. The van der Waals surface area contributed by atoms with E-state index in [1.54, 1.807) is 0 Å². The molecule has 1 atom stereocenters. The number of halogens is 2. The van der Waals surface area contributed by atoms with E-state index in [-0.39, 0.29) is 28.6 Å². The molecule has 1 aliphatic rings. The molecule has 8 nitrogen and oxygen atoms in total. The maximum Gasteiger partial charge on any atom is 0.326 e. The molecule has 1 amide bonds. The fourth-order valence-electron chi connectivity index (χ4n) is 3.44. The van der Waals surface area contributed by atoms with Crippen LogP contribution >= 0.6 is 23.2 Å². The maximum atomic E-state index is 12.4. The number of pyridine rings is 2. The van der Waals surface area contributed by atoms with E-state index in [0.717, 1.165) is 50.2 Å². The molecule has 3 rings (SSSR count). The van der Waals surface area contributed by atoms with Gasteiger partial charge in [0.25, 0.3) is 5.91 Å². The van der Waals surface area contributed by atoms with Gasteiger partial charge in [-0.25, -0.2) is 9.78 Å². The SMILES string of the molecule is O=C(N[C@H](CCOCCCCc1ccc2c(n1)NCCC2)C(=O)O)c1c(Cl)cncc1Cl. The van der Waals surface area contributed by atoms with Gasteiger partial charge in [-0.3, -0.25) is 9.78 Å². The molecule has 172 valence electrons. The zero-order chi connectivity index (χ0) is 22.9. The number of aryl methyl sites for hydroxylation is 2. The molecular formula is C22H26Cl2N4O4. The van der Waals surface area contributed by atoms with E-state index in [2.05, 4.69) is 32.7 Å². The van der Waals surface area contributed by atoms with Gasteiger partial charge in [0.2, 0.25) is 0 Å². The fraction of sp³-hybridized carbons (Fsp3) is 0.455. The third-order valence-corrected chi connectivity index (χ3v) is 5.73. The Balaban J connectivity index is 1.36. The Kier molecular flexibility index (Phi) is 9.08. The van der Waals surface area contributed by atoms with Crippen LogP contribution in [0.2, 0.25) is 10.0 Å². The number of aliphatic carboxylic acids is 1. The number of carbonyl (C=O) groups excluding carboxylic acids is 1. The summed E-state index contributed by atoms with van der Waals surface area (Å²) < 4.78 is 5.57. The fourth-order valence-corrected chi connectivity index (χ4v) is 3.97. The molecule has 2 aromatic rings. The van der Waals surface area contributed by atoms with Crippen LogP contribution in [0.1, 0.15) is 47.3 Å². The third kappa shape index (κ3) is 6.79. The molecule has 0 saturated heterocycles. The number of fused-ring (bicyclic) bond motifs is 1. The van der Waals surface area contributed by atoms with Crippen LogP contribution in [0, 0.1) is 0 Å². The summed E-state index contributed by atoms with van der Waals surface area (Å²) in [5, 5.41) is 15.3. The van der Waals surface area contributed by atoms with Crippen LogP contribution in [0.15, 0.2) is 24.5 Å². The number of carbonyl (C=O) groups is 2. The van der Waals surface area contributed by atoms with E-state index in [9.17, 15) is 14.7 Å². The number of aromatic nitrogens is 2. The van der Waals surface area contributed by atoms with E-state index in [1.165, 1.54) is 18.0 Å². The van der Waals surface area contributed by atoms with E-state index < -0.39 is 17.9 Å². The number of hydrogen-bond donors (Lipinski definition) is 3. The van der Waals surface area contributed by atoms with E-state index in [0.29, 0.717) is 6.61 Å². The van der Waals surface area contributed by atoms with Gasteiger partial charge in [-0.15, -0.1) is 0 Å². The molecule has 0 unspecified atom stereocenters. The quantitative estimate of drug-likeness (QED) is 0.419. The smallest absolute Gasteiger partial charge is 0.326 e. The van der Waals surface area contributed by atoms with Gasteiger partial charge in [0, 0.05) is 44.3 Å². The molecule has 3 heterocycles. The summed E-state index contributed by atoms with van der Waals surface area (Å²) in [5.41, 5.74) is 2.33. The second-order valence-electron chi connectivity index (χ2n) is 7.54. The Morgan fingerprint density at radius 3 is 2.72 bits per heavy atom. The zero-order valence-corrected chi connectivity index (χ0v) is 19.1. The summed E-state index contributed by atoms with van der Waals surface area (Å²) in [6, 6.07) is 3.11. The number of amides is 1. The van der Waals surface area contributed by atoms with E-state index in [4.69, 9.17) is 27.9 Å². The minimum atomic E-state index is -1.16. The molecule has 0 aliphatic carbocycles. The van der Waals surface area contributed by atoms with Gasteiger partial charge in [-0.05, 0) is 43.7 Å². The van der Waals surface area contributed by atoms with Crippen molar-refractivity contribution in [1.82, 2.24) is 15.3 Å². The van der Waals surface area contributed by atoms with Crippen molar-refractivity contribution >= 4 is 40.9 Å². The van der Waals surface area contributed by atoms with Crippen molar-refractivity contribution in [1.29, 1.82) is 0 Å². The first-order valence-electron chi connectivity index (χ1n) is 10.6. The lowest BCUT2D eigenvalue weighted by Crippen LogP contribution is -2.41. The highest BCUT2D eigenvalue weighted by Crippen LogP contribution is 2.23. The largest absolute Gasteiger partial charge is 0.480 e. The summed E-state index contributed by atoms with van der Waals surface area (Å²) in [7, 11) is 0. The van der Waals surface area contributed by atoms with Gasteiger partial charge in [-0.1, -0.05) is 29.3 Å². The number of carboxylic acid groups (broad SMARTS) is 1. The van der Waals surface area contributed by atoms with Gasteiger partial charge in [-0.2, -0.15) is 0 Å². The average molecular weight is 481 g/mol. The molecule has 32 heavy (non-hydrogen) atoms. The number of rotatable bonds is 11. The van der Waals surface area contributed by atoms with Crippen LogP contribution in [0.3, 0.4) is 0 Å². The van der Waals surface area contributed by atoms with Crippen molar-refractivity contribution in [3.05, 3.63) is 51.4 Å². The highest BCUT2D eigenvalue weighted by molar-refractivity contribution is 6.39. The Morgan fingerprint density at radius 1 is 1.19 bits per heavy atom. The number of anilines is 1. The zero-order valence-electron chi connectivity index (χ0n) is 17.6. The highest BCUT2D eigenvalue weighted by Gasteiger charge is 2.23. The van der Waals surface area contributed by atoms with Crippen molar-refractivity contribution in [2.75, 3.05) is 25.1 Å². The molecule has 2 aromatic heterocycles. The van der Waals surface area contributed by atoms with Crippen LogP contribution in [-0.2, 0) is 22.4 Å². The molecule has 0 saturated carbocycles. The number of nitrogens with zero attached hydrogens (tertiary/aromatic N) is 2. The Hall–Kier alpha value is -2.42. The summed E-state index contributed by atoms with van der Waals surface area (Å²) in [4.78, 5) is 32.3. The average Bonchev–Trinajstić information content (AvgIpc) is 2.77. The van der Waals surface area contributed by atoms with Gasteiger partial charge >= 0.3 is 5.97 Å². The Labute approximate surface area is 196 Å². The predicted molar refractivity (Wildman–Crippen MR) is 123 cm³/mol. The Morgan fingerprint density at radius 2 is 1.97 bits per heavy atom. The molecule has 0 radical (unpaired) electrons. The second-order valence-corrected chi connectivity index (χ2v) is 8.36. The lowest BCUT2D eigenvalue weighted by atomic mass is 10.1. The predicted octanol–water partition coefficient (Wildman–Crippen LogP) is 3.75. The van der Waals surface area contributed by atoms with Gasteiger partial charge < -0.3 is 20.5 Å². The molecule has 1 aliphatic heterocycles. The summed E-state index contributed by atoms with van der Waals surface area (Å²) in [6.07, 6.45) is 7.50. The maximum absolute atomic E-state index is 12.4. The first kappa shape index (κ1) is 24.2. The molecule has 0 aromatic carbocycles. The van der Waals surface area contributed by atoms with Crippen molar-refractivity contribution in [2.24, 2.45) is 0 Å². The lowest BCUT2D eigenvalue weighted by molar-refractivity contribution is -0.139. The standard InChI is InChI=1S/C22H26Cl2N4O4/c23-16-12-25-13-17(24)19(16)21(29)28-18(22(30)31)8-11-32-10-2-1-5-15-7-6-14-4-3-9-26-20(14)27-15/h6-7,12-13,18H,1-5,8-11H2,(H,26,27)(H,28,29)(H,30,31)/t18-/m1/s1. The van der Waals surface area contributed by atoms with Crippen LogP contribution in [0.5, 0.6) is 0 Å². The number of carboxylic acids is 1. The first-order chi connectivity index (χ1) is 15.5. The number of nitrogens with one attached hydrogen (secondary N) is 2. The van der Waals surface area contributed by atoms with Gasteiger partial charge in [0.1, 0.15) is 11.9 Å². The Bertz CT molecular complexity index is 937. The van der Waals surface area contributed by atoms with Crippen LogP contribution in [0.25, 0.3) is 0 Å². The van der Waals surface area contributed by atoms with Crippen molar-refractivity contribution in [3.8, 4) is 0 Å². The number of unbranched alkanes of at least 4 members (excludes halogenated alkanes) is 1. The monoisotopic (exact) mass is 480 g/mol. The third-order valence-electron chi connectivity index (χ3n) is 5.16. The van der Waals surface area contributed by atoms with Crippen molar-refractivity contribution in [3.63, 3.8) is 0 Å². The van der Waals surface area contributed by atoms with Crippen LogP contribution in [0.4, 0.5) is 5.82 Å². The van der Waals surface area contributed by atoms with Crippen LogP contribution in [-0.4, -0.2) is 52.8 Å². The second kappa shape index (κ2) is 12.0. The van der Waals surface area contributed by atoms with Crippen molar-refractivity contribution in [2.45, 2.75) is 44.6 Å². The lowest BCUT2D eigenvalue weighted by Gasteiger charge is -2.17. The molecule has 0 fully saturated rings. The first-order valence-corrected chi connectivity index (χ1v) is 11.3. The number of ether oxygens (including phenoxy) is 1. The van der Waals surface area contributed by atoms with Gasteiger partial charge in [0.15, 0.2) is 0 Å². The summed E-state index contributed by atoms with van der Waals surface area (Å²) in [5.74, 6) is -0.821. The molecule has 0 spiro atoms. The summed E-state index contributed by atoms with van der Waals surface area (Å²) >= 11 is 11.9. The summed E-state index contributed by atoms with van der Waals surface area (Å²) in [6.45, 7) is 1.68. The number of hydrogen-bond acceptors (Lipinski definition) is 6. The molecule has 0 bridgehead atoms.